The first kappa shape index (κ1) is 16.1. The van der Waals surface area contributed by atoms with Gasteiger partial charge in [0.25, 0.3) is 0 Å². The van der Waals surface area contributed by atoms with Crippen molar-refractivity contribution in [2.24, 2.45) is 5.92 Å². The van der Waals surface area contributed by atoms with Crippen LogP contribution in [0.4, 0.5) is 0 Å². The van der Waals surface area contributed by atoms with Crippen LogP contribution in [0.5, 0.6) is 0 Å². The van der Waals surface area contributed by atoms with Gasteiger partial charge in [-0.15, -0.1) is 0 Å². The van der Waals surface area contributed by atoms with Crippen molar-refractivity contribution >= 4 is 15.8 Å². The Kier molecular flexibility index (Phi) is 5.47. The topological polar surface area (TPSA) is 67.3 Å². The second-order valence-electron chi connectivity index (χ2n) is 5.73. The fraction of sp³-hybridized carbons (Fsp3) is 0.600. The number of pyridine rings is 1. The molecule has 1 aliphatic rings. The van der Waals surface area contributed by atoms with Crippen LogP contribution >= 0.6 is 0 Å². The maximum Gasteiger partial charge on any atom is 0.211 e. The molecule has 0 spiro atoms. The van der Waals surface area contributed by atoms with Crippen molar-refractivity contribution in [1.29, 1.82) is 0 Å². The number of carbonyl (C=O) groups is 1. The third kappa shape index (κ3) is 5.21. The number of ketones is 1. The van der Waals surface area contributed by atoms with E-state index in [1.807, 2.05) is 12.1 Å². The molecule has 0 aliphatic carbocycles. The zero-order valence-electron chi connectivity index (χ0n) is 12.4. The molecule has 0 aromatic carbocycles. The van der Waals surface area contributed by atoms with Gasteiger partial charge in [0.1, 0.15) is 5.78 Å². The number of nitrogens with zero attached hydrogens (tertiary/aromatic N) is 2. The van der Waals surface area contributed by atoms with E-state index < -0.39 is 10.0 Å². The summed E-state index contributed by atoms with van der Waals surface area (Å²) in [5.74, 6) is 0.370. The minimum atomic E-state index is -3.14. The molecule has 6 heteroatoms. The third-order valence-electron chi connectivity index (χ3n) is 3.88. The molecule has 1 atom stereocenters. The van der Waals surface area contributed by atoms with Crippen molar-refractivity contribution in [3.8, 4) is 0 Å². The average Bonchev–Trinajstić information content (AvgIpc) is 2.46. The van der Waals surface area contributed by atoms with Crippen LogP contribution in [0.3, 0.4) is 0 Å². The van der Waals surface area contributed by atoms with Crippen LogP contribution in [0, 0.1) is 5.92 Å². The molecule has 2 rings (SSSR count). The maximum atomic E-state index is 12.1. The second kappa shape index (κ2) is 7.13. The molecule has 1 saturated heterocycles. The molecule has 1 unspecified atom stereocenters. The lowest BCUT2D eigenvalue weighted by Gasteiger charge is -2.30. The van der Waals surface area contributed by atoms with E-state index in [2.05, 4.69) is 4.98 Å². The van der Waals surface area contributed by atoms with Gasteiger partial charge in [-0.25, -0.2) is 12.7 Å². The van der Waals surface area contributed by atoms with E-state index in [1.165, 1.54) is 10.6 Å². The fourth-order valence-electron chi connectivity index (χ4n) is 2.75. The van der Waals surface area contributed by atoms with Crippen molar-refractivity contribution < 1.29 is 13.2 Å². The number of carbonyl (C=O) groups excluding carboxylic acids is 1. The van der Waals surface area contributed by atoms with Crippen LogP contribution < -0.4 is 0 Å². The molecule has 2 heterocycles. The molecular formula is C15H22N2O3S. The minimum Gasteiger partial charge on any atom is -0.300 e. The lowest BCUT2D eigenvalue weighted by molar-refractivity contribution is -0.120. The van der Waals surface area contributed by atoms with Gasteiger partial charge in [-0.3, -0.25) is 9.78 Å². The van der Waals surface area contributed by atoms with Gasteiger partial charge in [0.15, 0.2) is 0 Å². The normalized spacial score (nSPS) is 20.3. The highest BCUT2D eigenvalue weighted by Crippen LogP contribution is 2.22. The summed E-state index contributed by atoms with van der Waals surface area (Å²) >= 11 is 0. The Hall–Kier alpha value is -1.27. The van der Waals surface area contributed by atoms with Gasteiger partial charge in [-0.2, -0.15) is 0 Å². The van der Waals surface area contributed by atoms with Gasteiger partial charge in [0, 0.05) is 38.3 Å². The largest absolute Gasteiger partial charge is 0.300 e. The summed E-state index contributed by atoms with van der Waals surface area (Å²) in [6.45, 7) is 1.07. The molecule has 1 aromatic rings. The Balaban J connectivity index is 1.80. The third-order valence-corrected chi connectivity index (χ3v) is 5.15. The van der Waals surface area contributed by atoms with Crippen molar-refractivity contribution in [3.05, 3.63) is 30.1 Å². The summed E-state index contributed by atoms with van der Waals surface area (Å²) in [5.41, 5.74) is 1.06. The van der Waals surface area contributed by atoms with Crippen molar-refractivity contribution in [3.63, 3.8) is 0 Å². The summed E-state index contributed by atoms with van der Waals surface area (Å²) in [6, 6.07) is 3.83. The zero-order chi connectivity index (χ0) is 15.3. The van der Waals surface area contributed by atoms with Crippen LogP contribution in [0.25, 0.3) is 0 Å². The minimum absolute atomic E-state index is 0.162. The van der Waals surface area contributed by atoms with E-state index in [4.69, 9.17) is 0 Å². The monoisotopic (exact) mass is 310 g/mol. The smallest absolute Gasteiger partial charge is 0.211 e. The van der Waals surface area contributed by atoms with Crippen LogP contribution in [0.2, 0.25) is 0 Å². The van der Waals surface area contributed by atoms with Crippen molar-refractivity contribution in [1.82, 2.24) is 9.29 Å². The lowest BCUT2D eigenvalue weighted by Crippen LogP contribution is -2.39. The zero-order valence-corrected chi connectivity index (χ0v) is 13.2. The second-order valence-corrected chi connectivity index (χ2v) is 7.72. The standard InChI is InChI=1S/C15H22N2O3S/c1-21(19,20)17-9-3-5-14(12-17)10-15(18)7-6-13-4-2-8-16-11-13/h2,4,8,11,14H,3,5-7,9-10,12H2,1H3. The summed E-state index contributed by atoms with van der Waals surface area (Å²) < 4.78 is 24.6. The van der Waals surface area contributed by atoms with E-state index in [9.17, 15) is 13.2 Å². The van der Waals surface area contributed by atoms with Gasteiger partial charge >= 0.3 is 0 Å². The van der Waals surface area contributed by atoms with Crippen LogP contribution in [-0.4, -0.2) is 42.8 Å². The number of hydrogen-bond acceptors (Lipinski definition) is 4. The predicted molar refractivity (Wildman–Crippen MR) is 81.3 cm³/mol. The number of sulfonamides is 1. The van der Waals surface area contributed by atoms with Gasteiger partial charge in [0.2, 0.25) is 10.0 Å². The number of Topliss-reactive ketones (excluding diaryl/α,β-unsaturated/α-hetero) is 1. The number of aromatic nitrogens is 1. The number of aryl methyl sites for hydroxylation is 1. The molecule has 116 valence electrons. The van der Waals surface area contributed by atoms with E-state index in [0.717, 1.165) is 18.4 Å². The van der Waals surface area contributed by atoms with Crippen molar-refractivity contribution in [2.75, 3.05) is 19.3 Å². The highest BCUT2D eigenvalue weighted by atomic mass is 32.2. The molecule has 1 aliphatic heterocycles. The number of piperidine rings is 1. The summed E-state index contributed by atoms with van der Waals surface area (Å²) in [4.78, 5) is 16.1. The molecule has 1 aromatic heterocycles. The molecule has 0 radical (unpaired) electrons. The van der Waals surface area contributed by atoms with Crippen LogP contribution in [0.15, 0.2) is 24.5 Å². The summed E-state index contributed by atoms with van der Waals surface area (Å²) in [5, 5.41) is 0. The summed E-state index contributed by atoms with van der Waals surface area (Å²) in [6.07, 6.45) is 8.19. The molecule has 21 heavy (non-hydrogen) atoms. The SMILES string of the molecule is CS(=O)(=O)N1CCCC(CC(=O)CCc2cccnc2)C1. The molecule has 5 nitrogen and oxygen atoms in total. The summed E-state index contributed by atoms with van der Waals surface area (Å²) in [7, 11) is -3.14. The van der Waals surface area contributed by atoms with E-state index >= 15 is 0 Å². The Morgan fingerprint density at radius 1 is 1.48 bits per heavy atom. The molecule has 0 saturated carbocycles. The number of hydrogen-bond donors (Lipinski definition) is 0. The molecule has 0 N–H and O–H groups in total. The average molecular weight is 310 g/mol. The van der Waals surface area contributed by atoms with Crippen molar-refractivity contribution in [2.45, 2.75) is 32.1 Å². The maximum absolute atomic E-state index is 12.1. The lowest BCUT2D eigenvalue weighted by atomic mass is 9.92. The van der Waals surface area contributed by atoms with E-state index in [1.54, 1.807) is 12.4 Å². The van der Waals surface area contributed by atoms with E-state index in [0.29, 0.717) is 32.4 Å². The van der Waals surface area contributed by atoms with Crippen LogP contribution in [-0.2, 0) is 21.2 Å². The Morgan fingerprint density at radius 3 is 2.95 bits per heavy atom. The Morgan fingerprint density at radius 2 is 2.29 bits per heavy atom. The van der Waals surface area contributed by atoms with Gasteiger partial charge < -0.3 is 0 Å². The Bertz CT molecular complexity index is 572. The quantitative estimate of drug-likeness (QED) is 0.801. The van der Waals surface area contributed by atoms with E-state index in [-0.39, 0.29) is 11.7 Å². The molecule has 0 amide bonds. The number of rotatable bonds is 6. The highest BCUT2D eigenvalue weighted by Gasteiger charge is 2.26. The first-order valence-corrected chi connectivity index (χ1v) is 9.15. The molecule has 0 bridgehead atoms. The van der Waals surface area contributed by atoms with Crippen LogP contribution in [0.1, 0.15) is 31.2 Å². The van der Waals surface area contributed by atoms with Gasteiger partial charge in [-0.05, 0) is 36.8 Å². The predicted octanol–water partition coefficient (Wildman–Crippen LogP) is 1.65. The molecule has 1 fully saturated rings. The first-order chi connectivity index (χ1) is 9.95. The fourth-order valence-corrected chi connectivity index (χ4v) is 3.69. The first-order valence-electron chi connectivity index (χ1n) is 7.31. The van der Waals surface area contributed by atoms with Gasteiger partial charge in [-0.1, -0.05) is 6.07 Å². The van der Waals surface area contributed by atoms with Gasteiger partial charge in [0.05, 0.1) is 6.26 Å². The molecular weight excluding hydrogens is 288 g/mol. The highest BCUT2D eigenvalue weighted by molar-refractivity contribution is 7.88. The Labute approximate surface area is 126 Å².